The number of amides is 1. The van der Waals surface area contributed by atoms with Gasteiger partial charge in [-0.3, -0.25) is 0 Å². The zero-order valence-electron chi connectivity index (χ0n) is 9.71. The quantitative estimate of drug-likeness (QED) is 0.512. The first-order valence-corrected chi connectivity index (χ1v) is 7.26. The van der Waals surface area contributed by atoms with E-state index in [0.29, 0.717) is 41.2 Å². The first kappa shape index (κ1) is 12.0. The van der Waals surface area contributed by atoms with Crippen molar-refractivity contribution in [1.29, 1.82) is 0 Å². The highest BCUT2D eigenvalue weighted by Gasteiger charge is 2.58. The number of nitrogens with zero attached hydrogens (tertiary/aromatic N) is 3. The van der Waals surface area contributed by atoms with Crippen LogP contribution >= 0.6 is 23.4 Å². The minimum atomic E-state index is -0.827. The number of hydrogen-bond donors (Lipinski definition) is 1. The molecular weight excluding hydrogens is 274 g/mol. The molecule has 5 nitrogen and oxygen atoms in total. The average Bonchev–Trinajstić information content (AvgIpc) is 2.83. The van der Waals surface area contributed by atoms with Crippen LogP contribution in [-0.4, -0.2) is 45.4 Å². The van der Waals surface area contributed by atoms with E-state index in [1.54, 1.807) is 6.07 Å². The van der Waals surface area contributed by atoms with Crippen molar-refractivity contribution in [2.75, 3.05) is 19.3 Å². The maximum absolute atomic E-state index is 10.8. The third kappa shape index (κ3) is 1.93. The molecule has 2 aliphatic rings. The van der Waals surface area contributed by atoms with Crippen molar-refractivity contribution in [3.05, 3.63) is 16.9 Å². The van der Waals surface area contributed by atoms with Crippen LogP contribution < -0.4 is 0 Å². The molecule has 2 atom stereocenters. The number of piperidine rings is 1. The van der Waals surface area contributed by atoms with E-state index in [9.17, 15) is 4.79 Å². The molecule has 1 N–H and O–H groups in total. The Bertz CT molecular complexity index is 501. The Balaban J connectivity index is 1.76. The molecule has 7 heteroatoms. The summed E-state index contributed by atoms with van der Waals surface area (Å²) in [4.78, 5) is 20.9. The molecule has 0 radical (unpaired) electrons. The van der Waals surface area contributed by atoms with Gasteiger partial charge in [0.05, 0.1) is 5.69 Å². The summed E-state index contributed by atoms with van der Waals surface area (Å²) >= 11 is 7.43. The van der Waals surface area contributed by atoms with Crippen molar-refractivity contribution in [2.24, 2.45) is 11.8 Å². The van der Waals surface area contributed by atoms with Gasteiger partial charge in [0.2, 0.25) is 0 Å². The summed E-state index contributed by atoms with van der Waals surface area (Å²) in [6.07, 6.45) is 1.08. The van der Waals surface area contributed by atoms with Crippen LogP contribution in [0.25, 0.3) is 0 Å². The molecule has 1 aromatic rings. The highest BCUT2D eigenvalue weighted by molar-refractivity contribution is 7.98. The van der Waals surface area contributed by atoms with Crippen LogP contribution in [0.1, 0.15) is 11.6 Å². The van der Waals surface area contributed by atoms with Crippen LogP contribution in [-0.2, 0) is 0 Å². The normalized spacial score (nSPS) is 29.2. The van der Waals surface area contributed by atoms with E-state index in [2.05, 4.69) is 9.97 Å². The molecular formula is C11H12ClN3O2S. The number of halogens is 1. The summed E-state index contributed by atoms with van der Waals surface area (Å²) in [7, 11) is 0. The Hall–Kier alpha value is -1.01. The van der Waals surface area contributed by atoms with E-state index in [1.807, 2.05) is 6.26 Å². The topological polar surface area (TPSA) is 66.3 Å². The molecule has 1 aromatic heterocycles. The van der Waals surface area contributed by atoms with Crippen LogP contribution in [0, 0.1) is 11.8 Å². The summed E-state index contributed by atoms with van der Waals surface area (Å²) < 4.78 is 0. The monoisotopic (exact) mass is 285 g/mol. The van der Waals surface area contributed by atoms with Crippen molar-refractivity contribution in [3.8, 4) is 0 Å². The second-order valence-corrected chi connectivity index (χ2v) is 5.80. The third-order valence-corrected chi connectivity index (χ3v) is 4.42. The van der Waals surface area contributed by atoms with E-state index in [-0.39, 0.29) is 0 Å². The Morgan fingerprint density at radius 1 is 1.50 bits per heavy atom. The molecule has 1 aliphatic heterocycles. The van der Waals surface area contributed by atoms with Crippen LogP contribution in [0.2, 0.25) is 5.15 Å². The van der Waals surface area contributed by atoms with Crippen molar-refractivity contribution in [1.82, 2.24) is 14.9 Å². The molecule has 1 amide bonds. The van der Waals surface area contributed by atoms with E-state index in [1.165, 1.54) is 16.7 Å². The number of rotatable bonds is 2. The predicted octanol–water partition coefficient (Wildman–Crippen LogP) is 2.18. The lowest BCUT2D eigenvalue weighted by Gasteiger charge is -2.15. The first-order valence-electron chi connectivity index (χ1n) is 5.66. The van der Waals surface area contributed by atoms with E-state index < -0.39 is 6.09 Å². The molecule has 96 valence electrons. The summed E-state index contributed by atoms with van der Waals surface area (Å²) in [5.41, 5.74) is 0.958. The number of thioether (sulfide) groups is 1. The maximum atomic E-state index is 10.8. The van der Waals surface area contributed by atoms with Crippen LogP contribution in [0.4, 0.5) is 4.79 Å². The van der Waals surface area contributed by atoms with Gasteiger partial charge in [-0.2, -0.15) is 0 Å². The van der Waals surface area contributed by atoms with E-state index >= 15 is 0 Å². The third-order valence-electron chi connectivity index (χ3n) is 3.68. The number of fused-ring (bicyclic) bond motifs is 1. The zero-order valence-corrected chi connectivity index (χ0v) is 11.3. The minimum Gasteiger partial charge on any atom is -0.465 e. The lowest BCUT2D eigenvalue weighted by molar-refractivity contribution is 0.150. The Kier molecular flexibility index (Phi) is 2.86. The van der Waals surface area contributed by atoms with E-state index in [4.69, 9.17) is 16.7 Å². The highest BCUT2D eigenvalue weighted by Crippen LogP contribution is 2.57. The zero-order chi connectivity index (χ0) is 12.9. The van der Waals surface area contributed by atoms with Gasteiger partial charge in [-0.15, -0.1) is 0 Å². The van der Waals surface area contributed by atoms with Crippen LogP contribution in [0.5, 0.6) is 0 Å². The molecule has 18 heavy (non-hydrogen) atoms. The first-order chi connectivity index (χ1) is 8.60. The molecule has 1 saturated carbocycles. The molecule has 2 fully saturated rings. The number of aromatic nitrogens is 2. The number of hydrogen-bond acceptors (Lipinski definition) is 4. The lowest BCUT2D eigenvalue weighted by Crippen LogP contribution is -2.29. The average molecular weight is 286 g/mol. The van der Waals surface area contributed by atoms with Gasteiger partial charge in [-0.05, 0) is 24.2 Å². The molecule has 2 heterocycles. The van der Waals surface area contributed by atoms with E-state index in [0.717, 1.165) is 5.69 Å². The van der Waals surface area contributed by atoms with Gasteiger partial charge in [0.1, 0.15) is 5.15 Å². The summed E-state index contributed by atoms with van der Waals surface area (Å²) in [5.74, 6) is 1.16. The standard InChI is InChI=1S/C11H12ClN3O2S/c1-18-10-13-7(2-8(12)14-10)9-5-3-15(11(16)17)4-6(5)9/h2,5-6,9H,3-4H2,1H3,(H,16,17). The van der Waals surface area contributed by atoms with Crippen molar-refractivity contribution < 1.29 is 9.90 Å². The Morgan fingerprint density at radius 3 is 2.72 bits per heavy atom. The lowest BCUT2D eigenvalue weighted by atomic mass is 10.2. The van der Waals surface area contributed by atoms with Gasteiger partial charge in [0.15, 0.2) is 5.16 Å². The summed E-state index contributed by atoms with van der Waals surface area (Å²) in [5, 5.41) is 10.1. The van der Waals surface area contributed by atoms with Gasteiger partial charge in [-0.25, -0.2) is 14.8 Å². The molecule has 2 unspecified atom stereocenters. The molecule has 0 aromatic carbocycles. The highest BCUT2D eigenvalue weighted by atomic mass is 35.5. The number of carbonyl (C=O) groups is 1. The minimum absolute atomic E-state index is 0.354. The van der Waals surface area contributed by atoms with Crippen molar-refractivity contribution in [2.45, 2.75) is 11.1 Å². The van der Waals surface area contributed by atoms with Crippen LogP contribution in [0.3, 0.4) is 0 Å². The number of carboxylic acid groups (broad SMARTS) is 1. The second kappa shape index (κ2) is 4.28. The molecule has 0 spiro atoms. The number of likely N-dealkylation sites (tertiary alicyclic amines) is 1. The molecule has 1 saturated heterocycles. The van der Waals surface area contributed by atoms with Gasteiger partial charge in [-0.1, -0.05) is 23.4 Å². The smallest absolute Gasteiger partial charge is 0.407 e. The summed E-state index contributed by atoms with van der Waals surface area (Å²) in [6, 6.07) is 1.80. The van der Waals surface area contributed by atoms with Crippen LogP contribution in [0.15, 0.2) is 11.2 Å². The molecule has 0 bridgehead atoms. The maximum Gasteiger partial charge on any atom is 0.407 e. The largest absolute Gasteiger partial charge is 0.465 e. The molecule has 1 aliphatic carbocycles. The predicted molar refractivity (Wildman–Crippen MR) is 68.1 cm³/mol. The molecule has 3 rings (SSSR count). The summed E-state index contributed by atoms with van der Waals surface area (Å²) in [6.45, 7) is 1.22. The van der Waals surface area contributed by atoms with Gasteiger partial charge in [0.25, 0.3) is 0 Å². The van der Waals surface area contributed by atoms with Crippen molar-refractivity contribution in [3.63, 3.8) is 0 Å². The fraction of sp³-hybridized carbons (Fsp3) is 0.545. The van der Waals surface area contributed by atoms with Gasteiger partial charge < -0.3 is 10.0 Å². The Labute approximate surface area is 114 Å². The Morgan fingerprint density at radius 2 is 2.17 bits per heavy atom. The fourth-order valence-corrected chi connectivity index (χ4v) is 3.42. The second-order valence-electron chi connectivity index (χ2n) is 4.64. The van der Waals surface area contributed by atoms with Gasteiger partial charge in [0, 0.05) is 19.0 Å². The van der Waals surface area contributed by atoms with Gasteiger partial charge >= 0.3 is 6.09 Å². The fourth-order valence-electron chi connectivity index (χ4n) is 2.80. The SMILES string of the molecule is CSc1nc(Cl)cc(C2C3CN(C(=O)O)CC32)n1. The van der Waals surface area contributed by atoms with Crippen molar-refractivity contribution >= 4 is 29.5 Å².